The van der Waals surface area contributed by atoms with Crippen molar-refractivity contribution in [3.05, 3.63) is 96.5 Å². The van der Waals surface area contributed by atoms with Gasteiger partial charge in [-0.2, -0.15) is 0 Å². The smallest absolute Gasteiger partial charge is 0.389 e. The minimum atomic E-state index is -0.728. The van der Waals surface area contributed by atoms with Gasteiger partial charge in [0.05, 0.1) is 13.4 Å². The summed E-state index contributed by atoms with van der Waals surface area (Å²) in [6.45, 7) is 0. The van der Waals surface area contributed by atoms with Gasteiger partial charge in [-0.25, -0.2) is 14.1 Å². The number of hydrogen-bond donors (Lipinski definition) is 0. The van der Waals surface area contributed by atoms with E-state index >= 15 is 0 Å². The van der Waals surface area contributed by atoms with E-state index < -0.39 is 11.8 Å². The Balaban J connectivity index is 1.68. The molecular weight excluding hydrogens is 363 g/mol. The van der Waals surface area contributed by atoms with Crippen LogP contribution >= 0.6 is 0 Å². The van der Waals surface area contributed by atoms with Crippen molar-refractivity contribution >= 4 is 11.5 Å². The summed E-state index contributed by atoms with van der Waals surface area (Å²) in [5, 5.41) is 0. The molecule has 0 aliphatic carbocycles. The molecule has 0 saturated carbocycles. The van der Waals surface area contributed by atoms with Crippen LogP contribution in [0.5, 0.6) is 17.2 Å². The lowest BCUT2D eigenvalue weighted by molar-refractivity contribution is -0.206. The van der Waals surface area contributed by atoms with Crippen molar-refractivity contribution in [2.75, 3.05) is 7.11 Å². The van der Waals surface area contributed by atoms with Crippen molar-refractivity contribution in [1.82, 2.24) is 0 Å². The van der Waals surface area contributed by atoms with Gasteiger partial charge in [0.15, 0.2) is 17.3 Å². The highest BCUT2D eigenvalue weighted by Gasteiger charge is 2.16. The molecule has 3 rings (SSSR count). The average molecular weight is 380 g/mol. The third kappa shape index (κ3) is 4.88. The maximum Gasteiger partial charge on any atom is 0.389 e. The van der Waals surface area contributed by atoms with Crippen molar-refractivity contribution in [3.63, 3.8) is 0 Å². The van der Waals surface area contributed by atoms with Gasteiger partial charge in [-0.05, 0) is 29.8 Å². The monoisotopic (exact) mass is 380 g/mol. The lowest BCUT2D eigenvalue weighted by Gasteiger charge is -2.10. The highest BCUT2D eigenvalue weighted by Crippen LogP contribution is 2.27. The molecule has 142 valence electrons. The first-order valence-corrected chi connectivity index (χ1v) is 8.37. The zero-order valence-corrected chi connectivity index (χ0v) is 15.0. The molecule has 0 bridgehead atoms. The van der Waals surface area contributed by atoms with Crippen molar-refractivity contribution < 1.29 is 28.4 Å². The van der Waals surface area contributed by atoms with Gasteiger partial charge >= 0.3 is 5.97 Å². The van der Waals surface area contributed by atoms with Gasteiger partial charge in [-0.3, -0.25) is 4.89 Å². The lowest BCUT2D eigenvalue weighted by Crippen LogP contribution is -2.10. The van der Waals surface area contributed by atoms with E-state index in [2.05, 4.69) is 0 Å². The Morgan fingerprint density at radius 2 is 1.61 bits per heavy atom. The Hall–Kier alpha value is -3.80. The van der Waals surface area contributed by atoms with Gasteiger partial charge in [0.2, 0.25) is 0 Å². The number of methoxy groups -OCH3 is 1. The van der Waals surface area contributed by atoms with Crippen LogP contribution in [0.2, 0.25) is 0 Å². The van der Waals surface area contributed by atoms with Gasteiger partial charge in [-0.1, -0.05) is 48.5 Å². The van der Waals surface area contributed by atoms with Crippen LogP contribution in [0.3, 0.4) is 0 Å². The molecule has 0 atom stereocenters. The first-order chi connectivity index (χ1) is 13.7. The molecule has 28 heavy (non-hydrogen) atoms. The molecule has 3 aromatic rings. The fourth-order valence-corrected chi connectivity index (χ4v) is 2.34. The van der Waals surface area contributed by atoms with Crippen LogP contribution in [0.15, 0.2) is 85.1 Å². The number of carbonyl (C=O) groups is 1. The van der Waals surface area contributed by atoms with Crippen molar-refractivity contribution in [1.29, 1.82) is 0 Å². The molecule has 0 spiro atoms. The summed E-state index contributed by atoms with van der Waals surface area (Å²) in [6.07, 6.45) is 1.28. The van der Waals surface area contributed by atoms with Crippen LogP contribution in [0.1, 0.15) is 5.56 Å². The average Bonchev–Trinajstić information content (AvgIpc) is 2.73. The SMILES string of the molecule is CO/C=C(\C(=O)OOc1cccc(Oc2ccccc2F)c1)c1ccccc1. The third-order valence-electron chi connectivity index (χ3n) is 3.62. The van der Waals surface area contributed by atoms with E-state index in [-0.39, 0.29) is 17.1 Å². The van der Waals surface area contributed by atoms with Crippen LogP contribution < -0.4 is 9.62 Å². The molecule has 0 amide bonds. The van der Waals surface area contributed by atoms with Gasteiger partial charge in [0, 0.05) is 6.07 Å². The number of ether oxygens (including phenoxy) is 2. The molecule has 0 saturated heterocycles. The summed E-state index contributed by atoms with van der Waals surface area (Å²) in [7, 11) is 1.43. The second kappa shape index (κ2) is 9.23. The molecule has 0 unspecified atom stereocenters. The highest BCUT2D eigenvalue weighted by atomic mass is 19.1. The van der Waals surface area contributed by atoms with E-state index in [0.29, 0.717) is 11.3 Å². The molecule has 0 aliphatic heterocycles. The van der Waals surface area contributed by atoms with Crippen molar-refractivity contribution in [2.45, 2.75) is 0 Å². The summed E-state index contributed by atoms with van der Waals surface area (Å²) >= 11 is 0. The van der Waals surface area contributed by atoms with E-state index in [1.807, 2.05) is 6.07 Å². The molecule has 0 fully saturated rings. The Labute approximate surface area is 161 Å². The number of hydrogen-bond acceptors (Lipinski definition) is 5. The standard InChI is InChI=1S/C22H17FO5/c1-25-15-19(16-8-3-2-4-9-16)22(24)28-27-18-11-7-10-17(14-18)26-21-13-6-5-12-20(21)23/h2-15H,1H3/b19-15-. The zero-order chi connectivity index (χ0) is 19.8. The Bertz CT molecular complexity index is 969. The molecule has 0 heterocycles. The Morgan fingerprint density at radius 3 is 2.36 bits per heavy atom. The zero-order valence-electron chi connectivity index (χ0n) is 15.0. The van der Waals surface area contributed by atoms with Gasteiger partial charge in [0.25, 0.3) is 0 Å². The summed E-state index contributed by atoms with van der Waals surface area (Å²) in [5.74, 6) is -0.599. The van der Waals surface area contributed by atoms with Gasteiger partial charge in [0.1, 0.15) is 11.3 Å². The summed E-state index contributed by atoms with van der Waals surface area (Å²) in [6, 6.07) is 21.2. The first kappa shape index (κ1) is 19.0. The maximum atomic E-state index is 13.7. The van der Waals surface area contributed by atoms with Crippen molar-refractivity contribution in [3.8, 4) is 17.2 Å². The lowest BCUT2D eigenvalue weighted by atomic mass is 10.1. The predicted octanol–water partition coefficient (Wildman–Crippen LogP) is 5.14. The minimum Gasteiger partial charge on any atom is -0.503 e. The van der Waals surface area contributed by atoms with Crippen molar-refractivity contribution in [2.24, 2.45) is 0 Å². The fourth-order valence-electron chi connectivity index (χ4n) is 2.34. The van der Waals surface area contributed by atoms with Crippen LogP contribution in [-0.2, 0) is 14.4 Å². The molecule has 0 aliphatic rings. The molecule has 0 radical (unpaired) electrons. The quantitative estimate of drug-likeness (QED) is 0.246. The molecule has 0 aromatic heterocycles. The van der Waals surface area contributed by atoms with E-state index in [1.165, 1.54) is 31.6 Å². The van der Waals surface area contributed by atoms with Crippen LogP contribution in [-0.4, -0.2) is 13.1 Å². The fraction of sp³-hybridized carbons (Fsp3) is 0.0455. The molecule has 3 aromatic carbocycles. The first-order valence-electron chi connectivity index (χ1n) is 8.37. The van der Waals surface area contributed by atoms with E-state index in [1.54, 1.807) is 54.6 Å². The van der Waals surface area contributed by atoms with Crippen LogP contribution in [0.4, 0.5) is 4.39 Å². The molecule has 6 heteroatoms. The summed E-state index contributed by atoms with van der Waals surface area (Å²) in [5.41, 5.74) is 0.816. The van der Waals surface area contributed by atoms with E-state index in [9.17, 15) is 9.18 Å². The Morgan fingerprint density at radius 1 is 0.893 bits per heavy atom. The third-order valence-corrected chi connectivity index (χ3v) is 3.62. The predicted molar refractivity (Wildman–Crippen MR) is 101 cm³/mol. The van der Waals surface area contributed by atoms with E-state index in [0.717, 1.165) is 0 Å². The number of carbonyl (C=O) groups excluding carboxylic acids is 1. The summed E-state index contributed by atoms with van der Waals surface area (Å²) in [4.78, 5) is 22.4. The second-order valence-electron chi connectivity index (χ2n) is 5.59. The number of para-hydroxylation sites is 1. The molecule has 0 N–H and O–H groups in total. The topological polar surface area (TPSA) is 54.0 Å². The van der Waals surface area contributed by atoms with E-state index in [4.69, 9.17) is 19.2 Å². The largest absolute Gasteiger partial charge is 0.503 e. The normalized spacial score (nSPS) is 10.9. The molecule has 5 nitrogen and oxygen atoms in total. The van der Waals surface area contributed by atoms with Crippen LogP contribution in [0.25, 0.3) is 5.57 Å². The number of benzene rings is 3. The summed E-state index contributed by atoms with van der Waals surface area (Å²) < 4.78 is 24.1. The van der Waals surface area contributed by atoms with Gasteiger partial charge < -0.3 is 9.47 Å². The maximum absolute atomic E-state index is 13.7. The Kier molecular flexibility index (Phi) is 6.25. The van der Waals surface area contributed by atoms with Gasteiger partial charge in [-0.15, -0.1) is 0 Å². The minimum absolute atomic E-state index is 0.0750. The second-order valence-corrected chi connectivity index (χ2v) is 5.59. The highest BCUT2D eigenvalue weighted by molar-refractivity contribution is 6.15. The molecular formula is C22H17FO5. The number of rotatable bonds is 7. The number of halogens is 1. The van der Waals surface area contributed by atoms with Crippen LogP contribution in [0, 0.1) is 5.82 Å².